The summed E-state index contributed by atoms with van der Waals surface area (Å²) in [6.45, 7) is 0.574. The molecule has 102 valence electrons. The Morgan fingerprint density at radius 2 is 1.83 bits per heavy atom. The van der Waals surface area contributed by atoms with E-state index in [1.807, 2.05) is 0 Å². The van der Waals surface area contributed by atoms with Crippen LogP contribution in [0.2, 0.25) is 0 Å². The molecule has 0 aromatic heterocycles. The van der Waals surface area contributed by atoms with Crippen molar-refractivity contribution in [1.29, 1.82) is 0 Å². The standard InChI is InChI=1S/C12H20N2O4/c15-10(4-1-5-11(16)17)14-12(18)13-8-2-3-9-6-7-9/h9H,1-8H2,(H,16,17)(H2,13,14,15,18). The number of amides is 3. The van der Waals surface area contributed by atoms with Crippen LogP contribution in [-0.2, 0) is 9.59 Å². The molecule has 0 aromatic carbocycles. The molecule has 6 heteroatoms. The second-order valence-corrected chi connectivity index (χ2v) is 4.64. The Morgan fingerprint density at radius 1 is 1.11 bits per heavy atom. The Labute approximate surface area is 106 Å². The number of carbonyl (C=O) groups is 3. The molecule has 0 bridgehead atoms. The van der Waals surface area contributed by atoms with E-state index in [-0.39, 0.29) is 19.3 Å². The maximum Gasteiger partial charge on any atom is 0.321 e. The van der Waals surface area contributed by atoms with Crippen LogP contribution < -0.4 is 10.6 Å². The number of carboxylic acids is 1. The van der Waals surface area contributed by atoms with E-state index in [0.29, 0.717) is 6.54 Å². The number of urea groups is 1. The molecular weight excluding hydrogens is 236 g/mol. The number of hydrogen-bond donors (Lipinski definition) is 3. The number of carboxylic acid groups (broad SMARTS) is 1. The predicted octanol–water partition coefficient (Wildman–Crippen LogP) is 1.26. The van der Waals surface area contributed by atoms with Gasteiger partial charge in [-0.2, -0.15) is 0 Å². The Kier molecular flexibility index (Phi) is 6.18. The summed E-state index contributed by atoms with van der Waals surface area (Å²) < 4.78 is 0. The van der Waals surface area contributed by atoms with E-state index < -0.39 is 17.9 Å². The number of aliphatic carboxylic acids is 1. The molecule has 1 aliphatic rings. The normalized spacial score (nSPS) is 14.0. The van der Waals surface area contributed by atoms with Crippen molar-refractivity contribution in [2.75, 3.05) is 6.54 Å². The van der Waals surface area contributed by atoms with Gasteiger partial charge in [0.25, 0.3) is 0 Å². The SMILES string of the molecule is O=C(O)CCCC(=O)NC(=O)NCCCC1CC1. The Bertz CT molecular complexity index is 313. The fourth-order valence-electron chi connectivity index (χ4n) is 1.63. The molecule has 1 rings (SSSR count). The summed E-state index contributed by atoms with van der Waals surface area (Å²) in [4.78, 5) is 32.7. The van der Waals surface area contributed by atoms with E-state index in [4.69, 9.17) is 5.11 Å². The highest BCUT2D eigenvalue weighted by molar-refractivity contribution is 5.94. The molecule has 0 spiro atoms. The van der Waals surface area contributed by atoms with Gasteiger partial charge in [-0.05, 0) is 25.2 Å². The van der Waals surface area contributed by atoms with Crippen molar-refractivity contribution in [3.05, 3.63) is 0 Å². The predicted molar refractivity (Wildman–Crippen MR) is 65.0 cm³/mol. The molecule has 1 aliphatic carbocycles. The van der Waals surface area contributed by atoms with Crippen LogP contribution in [0.3, 0.4) is 0 Å². The van der Waals surface area contributed by atoms with E-state index >= 15 is 0 Å². The van der Waals surface area contributed by atoms with Gasteiger partial charge in [-0.15, -0.1) is 0 Å². The summed E-state index contributed by atoms with van der Waals surface area (Å²) in [5, 5.41) is 13.2. The van der Waals surface area contributed by atoms with E-state index in [0.717, 1.165) is 18.8 Å². The maximum atomic E-state index is 11.3. The van der Waals surface area contributed by atoms with E-state index in [1.165, 1.54) is 12.8 Å². The van der Waals surface area contributed by atoms with Crippen molar-refractivity contribution in [2.24, 2.45) is 5.92 Å². The molecule has 6 nitrogen and oxygen atoms in total. The minimum Gasteiger partial charge on any atom is -0.481 e. The lowest BCUT2D eigenvalue weighted by Gasteiger charge is -2.06. The van der Waals surface area contributed by atoms with Crippen LogP contribution in [0, 0.1) is 5.92 Å². The third-order valence-corrected chi connectivity index (χ3v) is 2.82. The second-order valence-electron chi connectivity index (χ2n) is 4.64. The van der Waals surface area contributed by atoms with Crippen LogP contribution in [0.25, 0.3) is 0 Å². The lowest BCUT2D eigenvalue weighted by Crippen LogP contribution is -2.39. The largest absolute Gasteiger partial charge is 0.481 e. The third kappa shape index (κ3) is 7.65. The van der Waals surface area contributed by atoms with Crippen LogP contribution in [0.1, 0.15) is 44.9 Å². The summed E-state index contributed by atoms with van der Waals surface area (Å²) in [5.41, 5.74) is 0. The molecule has 0 atom stereocenters. The molecule has 0 radical (unpaired) electrons. The van der Waals surface area contributed by atoms with Gasteiger partial charge in [-0.1, -0.05) is 12.8 Å². The van der Waals surface area contributed by atoms with Crippen molar-refractivity contribution in [2.45, 2.75) is 44.9 Å². The minimum atomic E-state index is -0.938. The van der Waals surface area contributed by atoms with Gasteiger partial charge >= 0.3 is 12.0 Å². The zero-order chi connectivity index (χ0) is 13.4. The highest BCUT2D eigenvalue weighted by atomic mass is 16.4. The second kappa shape index (κ2) is 7.68. The van der Waals surface area contributed by atoms with Crippen molar-refractivity contribution >= 4 is 17.9 Å². The van der Waals surface area contributed by atoms with Crippen LogP contribution in [0.4, 0.5) is 4.79 Å². The highest BCUT2D eigenvalue weighted by Crippen LogP contribution is 2.33. The van der Waals surface area contributed by atoms with Crippen molar-refractivity contribution in [3.63, 3.8) is 0 Å². The monoisotopic (exact) mass is 256 g/mol. The first-order chi connectivity index (χ1) is 8.58. The van der Waals surface area contributed by atoms with Gasteiger partial charge in [0.05, 0.1) is 0 Å². The molecule has 0 unspecified atom stereocenters. The van der Waals surface area contributed by atoms with Gasteiger partial charge in [0, 0.05) is 19.4 Å². The van der Waals surface area contributed by atoms with E-state index in [2.05, 4.69) is 10.6 Å². The number of carbonyl (C=O) groups excluding carboxylic acids is 2. The minimum absolute atomic E-state index is 0.0573. The third-order valence-electron chi connectivity index (χ3n) is 2.82. The fraction of sp³-hybridized carbons (Fsp3) is 0.750. The molecule has 3 N–H and O–H groups in total. The van der Waals surface area contributed by atoms with Gasteiger partial charge < -0.3 is 10.4 Å². The first-order valence-electron chi connectivity index (χ1n) is 6.37. The Balaban J connectivity index is 1.96. The van der Waals surface area contributed by atoms with Gasteiger partial charge in [0.1, 0.15) is 0 Å². The maximum absolute atomic E-state index is 11.3. The average Bonchev–Trinajstić information content (AvgIpc) is 3.07. The first-order valence-corrected chi connectivity index (χ1v) is 6.37. The molecular formula is C12H20N2O4. The molecule has 0 heterocycles. The van der Waals surface area contributed by atoms with E-state index in [1.54, 1.807) is 0 Å². The summed E-state index contributed by atoms with van der Waals surface area (Å²) >= 11 is 0. The lowest BCUT2D eigenvalue weighted by atomic mass is 10.2. The summed E-state index contributed by atoms with van der Waals surface area (Å²) in [6, 6.07) is -0.494. The van der Waals surface area contributed by atoms with Gasteiger partial charge in [-0.25, -0.2) is 4.79 Å². The lowest BCUT2D eigenvalue weighted by molar-refractivity contribution is -0.137. The zero-order valence-electron chi connectivity index (χ0n) is 10.4. The van der Waals surface area contributed by atoms with Gasteiger partial charge in [0.2, 0.25) is 5.91 Å². The number of nitrogens with one attached hydrogen (secondary N) is 2. The highest BCUT2D eigenvalue weighted by Gasteiger charge is 2.20. The van der Waals surface area contributed by atoms with Crippen LogP contribution in [0.15, 0.2) is 0 Å². The fourth-order valence-corrected chi connectivity index (χ4v) is 1.63. The number of imide groups is 1. The zero-order valence-corrected chi connectivity index (χ0v) is 10.4. The molecule has 0 aliphatic heterocycles. The summed E-state index contributed by atoms with van der Waals surface area (Å²) in [6.07, 6.45) is 4.91. The summed E-state index contributed by atoms with van der Waals surface area (Å²) in [7, 11) is 0. The van der Waals surface area contributed by atoms with Crippen molar-refractivity contribution in [1.82, 2.24) is 10.6 Å². The molecule has 1 saturated carbocycles. The average molecular weight is 256 g/mol. The molecule has 1 fully saturated rings. The van der Waals surface area contributed by atoms with Crippen LogP contribution in [-0.4, -0.2) is 29.6 Å². The first kappa shape index (κ1) is 14.5. The smallest absolute Gasteiger partial charge is 0.321 e. The van der Waals surface area contributed by atoms with E-state index in [9.17, 15) is 14.4 Å². The van der Waals surface area contributed by atoms with Gasteiger partial charge in [-0.3, -0.25) is 14.9 Å². The Morgan fingerprint density at radius 3 is 2.44 bits per heavy atom. The number of hydrogen-bond acceptors (Lipinski definition) is 3. The molecule has 3 amide bonds. The molecule has 0 aromatic rings. The van der Waals surface area contributed by atoms with Crippen LogP contribution in [0.5, 0.6) is 0 Å². The quantitative estimate of drug-likeness (QED) is 0.570. The molecule has 0 saturated heterocycles. The van der Waals surface area contributed by atoms with Gasteiger partial charge in [0.15, 0.2) is 0 Å². The Hall–Kier alpha value is -1.59. The molecule has 18 heavy (non-hydrogen) atoms. The van der Waals surface area contributed by atoms with Crippen molar-refractivity contribution < 1.29 is 19.5 Å². The number of rotatable bonds is 8. The summed E-state index contributed by atoms with van der Waals surface area (Å²) in [5.74, 6) is -0.532. The van der Waals surface area contributed by atoms with Crippen LogP contribution >= 0.6 is 0 Å². The van der Waals surface area contributed by atoms with Crippen molar-refractivity contribution in [3.8, 4) is 0 Å². The topological polar surface area (TPSA) is 95.5 Å².